The first-order valence-corrected chi connectivity index (χ1v) is 7.14. The number of benzene rings is 2. The van der Waals surface area contributed by atoms with Gasteiger partial charge in [-0.15, -0.1) is 0 Å². The number of rotatable bonds is 4. The average Bonchev–Trinajstić information content (AvgIpc) is 2.43. The molecule has 0 amide bonds. The lowest BCUT2D eigenvalue weighted by Crippen LogP contribution is -2.06. The van der Waals surface area contributed by atoms with Gasteiger partial charge in [0.05, 0.1) is 18.2 Å². The summed E-state index contributed by atoms with van der Waals surface area (Å²) in [5.74, 6) is 0.166. The second-order valence-electron chi connectivity index (χ2n) is 4.32. The molecule has 1 unspecified atom stereocenters. The molecule has 0 radical (unpaired) electrons. The van der Waals surface area contributed by atoms with Crippen molar-refractivity contribution in [2.75, 3.05) is 7.11 Å². The van der Waals surface area contributed by atoms with Crippen molar-refractivity contribution in [3.63, 3.8) is 0 Å². The molecule has 0 fully saturated rings. The zero-order valence-electron chi connectivity index (χ0n) is 10.7. The molecule has 0 bridgehead atoms. The Morgan fingerprint density at radius 2 is 2.05 bits per heavy atom. The summed E-state index contributed by atoms with van der Waals surface area (Å²) in [5.41, 5.74) is 0.977. The van der Waals surface area contributed by atoms with Gasteiger partial charge in [-0.3, -0.25) is 0 Å². The van der Waals surface area contributed by atoms with Gasteiger partial charge in [0.2, 0.25) is 0 Å². The van der Waals surface area contributed by atoms with Crippen LogP contribution in [0.3, 0.4) is 0 Å². The van der Waals surface area contributed by atoms with Gasteiger partial charge in [-0.1, -0.05) is 29.8 Å². The molecule has 0 aliphatic rings. The lowest BCUT2D eigenvalue weighted by atomic mass is 10.0. The highest BCUT2D eigenvalue weighted by atomic mass is 79.9. The molecule has 0 heterocycles. The summed E-state index contributed by atoms with van der Waals surface area (Å²) >= 11 is 9.09. The maximum Gasteiger partial charge on any atom is 0.130 e. The number of aliphatic hydroxyl groups is 1. The fourth-order valence-electron chi connectivity index (χ4n) is 1.98. The van der Waals surface area contributed by atoms with Crippen LogP contribution < -0.4 is 4.74 Å². The average molecular weight is 360 g/mol. The van der Waals surface area contributed by atoms with Gasteiger partial charge in [0.1, 0.15) is 11.6 Å². The predicted molar refractivity (Wildman–Crippen MR) is 80.8 cm³/mol. The van der Waals surface area contributed by atoms with Gasteiger partial charge in [0.25, 0.3) is 0 Å². The van der Waals surface area contributed by atoms with Gasteiger partial charge >= 0.3 is 0 Å². The lowest BCUT2D eigenvalue weighted by molar-refractivity contribution is 0.172. The number of para-hydroxylation sites is 1. The van der Waals surface area contributed by atoms with Crippen molar-refractivity contribution >= 4 is 27.5 Å². The van der Waals surface area contributed by atoms with Crippen molar-refractivity contribution in [3.8, 4) is 5.75 Å². The Labute approximate surface area is 130 Å². The van der Waals surface area contributed by atoms with Crippen LogP contribution in [0.4, 0.5) is 4.39 Å². The van der Waals surface area contributed by atoms with Gasteiger partial charge in [-0.05, 0) is 39.7 Å². The molecule has 2 aromatic rings. The van der Waals surface area contributed by atoms with E-state index in [1.807, 2.05) is 18.2 Å². The third-order valence-electron chi connectivity index (χ3n) is 3.00. The quantitative estimate of drug-likeness (QED) is 0.813. The molecule has 0 saturated carbocycles. The highest BCUT2D eigenvalue weighted by Crippen LogP contribution is 2.31. The molecule has 2 rings (SSSR count). The molecular weight excluding hydrogens is 347 g/mol. The molecule has 2 nitrogen and oxygen atoms in total. The highest BCUT2D eigenvalue weighted by Gasteiger charge is 2.17. The molecule has 0 saturated heterocycles. The third-order valence-corrected chi connectivity index (χ3v) is 4.20. The number of methoxy groups -OCH3 is 1. The fourth-order valence-corrected chi connectivity index (χ4v) is 2.47. The smallest absolute Gasteiger partial charge is 0.130 e. The van der Waals surface area contributed by atoms with Crippen molar-refractivity contribution < 1.29 is 14.2 Å². The Morgan fingerprint density at radius 1 is 1.35 bits per heavy atom. The van der Waals surface area contributed by atoms with Crippen LogP contribution >= 0.6 is 27.5 Å². The van der Waals surface area contributed by atoms with Crippen LogP contribution in [-0.2, 0) is 6.42 Å². The minimum absolute atomic E-state index is 0.170. The second-order valence-corrected chi connectivity index (χ2v) is 5.58. The number of aliphatic hydroxyl groups excluding tert-OH is 1. The maximum absolute atomic E-state index is 13.9. The van der Waals surface area contributed by atoms with E-state index in [1.54, 1.807) is 13.2 Å². The number of ether oxygens (including phenoxy) is 1. The number of halogens is 3. The summed E-state index contributed by atoms with van der Waals surface area (Å²) in [7, 11) is 1.56. The molecule has 0 spiro atoms. The van der Waals surface area contributed by atoms with Crippen LogP contribution in [-0.4, -0.2) is 12.2 Å². The van der Waals surface area contributed by atoms with Crippen molar-refractivity contribution in [1.29, 1.82) is 0 Å². The maximum atomic E-state index is 13.9. The Kier molecular flexibility index (Phi) is 5.02. The molecule has 1 N–H and O–H groups in total. The summed E-state index contributed by atoms with van der Waals surface area (Å²) in [6.07, 6.45) is -0.740. The minimum atomic E-state index is -0.989. The van der Waals surface area contributed by atoms with Gasteiger partial charge in [0, 0.05) is 16.5 Å². The summed E-state index contributed by atoms with van der Waals surface area (Å²) in [5, 5.41) is 10.6. The second kappa shape index (κ2) is 6.57. The van der Waals surface area contributed by atoms with Crippen LogP contribution in [0, 0.1) is 5.82 Å². The molecule has 0 aromatic heterocycles. The first-order valence-electron chi connectivity index (χ1n) is 5.97. The normalized spacial score (nSPS) is 12.2. The SMILES string of the molecule is COc1ccccc1CC(O)c1cc(Cl)c(Br)cc1F. The summed E-state index contributed by atoms with van der Waals surface area (Å²) in [4.78, 5) is 0. The van der Waals surface area contributed by atoms with E-state index < -0.39 is 11.9 Å². The Hall–Kier alpha value is -1.10. The molecule has 5 heteroatoms. The van der Waals surface area contributed by atoms with Gasteiger partial charge in [0.15, 0.2) is 0 Å². The van der Waals surface area contributed by atoms with E-state index in [4.69, 9.17) is 16.3 Å². The molecule has 20 heavy (non-hydrogen) atoms. The minimum Gasteiger partial charge on any atom is -0.496 e. The van der Waals surface area contributed by atoms with E-state index in [0.29, 0.717) is 15.2 Å². The van der Waals surface area contributed by atoms with Gasteiger partial charge < -0.3 is 9.84 Å². The van der Waals surface area contributed by atoms with Crippen LogP contribution in [0.25, 0.3) is 0 Å². The van der Waals surface area contributed by atoms with E-state index in [9.17, 15) is 9.50 Å². The summed E-state index contributed by atoms with van der Waals surface area (Å²) < 4.78 is 19.6. The molecule has 0 aliphatic heterocycles. The van der Waals surface area contributed by atoms with Gasteiger partial charge in [-0.2, -0.15) is 0 Å². The molecule has 1 atom stereocenters. The third kappa shape index (κ3) is 3.32. The van der Waals surface area contributed by atoms with Crippen molar-refractivity contribution in [1.82, 2.24) is 0 Å². The van der Waals surface area contributed by atoms with E-state index in [-0.39, 0.29) is 12.0 Å². The van der Waals surface area contributed by atoms with Crippen LogP contribution in [0.15, 0.2) is 40.9 Å². The van der Waals surface area contributed by atoms with Crippen molar-refractivity contribution in [2.45, 2.75) is 12.5 Å². The monoisotopic (exact) mass is 358 g/mol. The van der Waals surface area contributed by atoms with E-state index >= 15 is 0 Å². The first-order chi connectivity index (χ1) is 9.52. The molecule has 0 aliphatic carbocycles. The lowest BCUT2D eigenvalue weighted by Gasteiger charge is -2.15. The number of hydrogen-bond donors (Lipinski definition) is 1. The van der Waals surface area contributed by atoms with Crippen LogP contribution in [0.1, 0.15) is 17.2 Å². The Bertz CT molecular complexity index is 619. The molecule has 106 valence electrons. The van der Waals surface area contributed by atoms with Crippen LogP contribution in [0.5, 0.6) is 5.75 Å². The molecular formula is C15H13BrClFO2. The van der Waals surface area contributed by atoms with Crippen LogP contribution in [0.2, 0.25) is 5.02 Å². The Morgan fingerprint density at radius 3 is 2.75 bits per heavy atom. The standard InChI is InChI=1S/C15H13BrClFO2/c1-20-15-5-3-2-4-9(15)6-14(19)10-7-12(17)11(16)8-13(10)18/h2-5,7-8,14,19H,6H2,1H3. The van der Waals surface area contributed by atoms with Gasteiger partial charge in [-0.25, -0.2) is 4.39 Å². The zero-order valence-corrected chi connectivity index (χ0v) is 13.1. The Balaban J connectivity index is 2.28. The molecule has 2 aromatic carbocycles. The van der Waals surface area contributed by atoms with Crippen molar-refractivity contribution in [2.24, 2.45) is 0 Å². The van der Waals surface area contributed by atoms with E-state index in [0.717, 1.165) is 5.56 Å². The number of hydrogen-bond acceptors (Lipinski definition) is 2. The largest absolute Gasteiger partial charge is 0.496 e. The summed E-state index contributed by atoms with van der Waals surface area (Å²) in [6, 6.07) is 10.00. The van der Waals surface area contributed by atoms with E-state index in [2.05, 4.69) is 15.9 Å². The predicted octanol–water partition coefficient (Wildman–Crippen LogP) is 4.53. The fraction of sp³-hybridized carbons (Fsp3) is 0.200. The zero-order chi connectivity index (χ0) is 14.7. The summed E-state index contributed by atoms with van der Waals surface area (Å²) in [6.45, 7) is 0. The highest BCUT2D eigenvalue weighted by molar-refractivity contribution is 9.10. The van der Waals surface area contributed by atoms with E-state index in [1.165, 1.54) is 12.1 Å². The first kappa shape index (κ1) is 15.3. The topological polar surface area (TPSA) is 29.5 Å². The van der Waals surface area contributed by atoms with Crippen molar-refractivity contribution in [3.05, 3.63) is 62.8 Å².